The van der Waals surface area contributed by atoms with Crippen LogP contribution in [-0.4, -0.2) is 43.5 Å². The molecule has 21 heavy (non-hydrogen) atoms. The van der Waals surface area contributed by atoms with E-state index in [1.807, 2.05) is 32.0 Å². The molecule has 1 heterocycles. The van der Waals surface area contributed by atoms with Crippen LogP contribution in [0.25, 0.3) is 0 Å². The maximum absolute atomic E-state index is 12.6. The SMILES string of the molecule is CCNc1ccc(C)cc1C(=O)NC1CCN(C)CC1C. The first kappa shape index (κ1) is 15.8. The molecule has 4 nitrogen and oxygen atoms in total. The van der Waals surface area contributed by atoms with Gasteiger partial charge in [0.25, 0.3) is 5.91 Å². The number of piperidine rings is 1. The topological polar surface area (TPSA) is 44.4 Å². The number of nitrogens with zero attached hydrogens (tertiary/aromatic N) is 1. The fourth-order valence-electron chi connectivity index (χ4n) is 3.01. The van der Waals surface area contributed by atoms with Crippen LogP contribution in [0.1, 0.15) is 36.2 Å². The molecule has 0 bridgehead atoms. The van der Waals surface area contributed by atoms with E-state index in [2.05, 4.69) is 29.5 Å². The lowest BCUT2D eigenvalue weighted by Crippen LogP contribution is -2.48. The number of aryl methyl sites for hydroxylation is 1. The smallest absolute Gasteiger partial charge is 0.253 e. The molecule has 1 amide bonds. The van der Waals surface area contributed by atoms with Gasteiger partial charge in [-0.15, -0.1) is 0 Å². The van der Waals surface area contributed by atoms with Gasteiger partial charge in [-0.2, -0.15) is 0 Å². The Labute approximate surface area is 127 Å². The zero-order valence-electron chi connectivity index (χ0n) is 13.6. The van der Waals surface area contributed by atoms with E-state index in [1.54, 1.807) is 0 Å². The van der Waals surface area contributed by atoms with E-state index in [0.717, 1.165) is 42.9 Å². The Morgan fingerprint density at radius 1 is 1.43 bits per heavy atom. The van der Waals surface area contributed by atoms with Crippen molar-refractivity contribution in [3.05, 3.63) is 29.3 Å². The molecule has 2 rings (SSSR count). The summed E-state index contributed by atoms with van der Waals surface area (Å²) in [4.78, 5) is 14.9. The lowest BCUT2D eigenvalue weighted by atomic mass is 9.93. The number of hydrogen-bond donors (Lipinski definition) is 2. The maximum atomic E-state index is 12.6. The van der Waals surface area contributed by atoms with Gasteiger partial charge >= 0.3 is 0 Å². The highest BCUT2D eigenvalue weighted by atomic mass is 16.1. The van der Waals surface area contributed by atoms with Crippen molar-refractivity contribution in [2.24, 2.45) is 5.92 Å². The average molecular weight is 289 g/mol. The van der Waals surface area contributed by atoms with Gasteiger partial charge in [-0.3, -0.25) is 4.79 Å². The standard InChI is InChI=1S/C17H27N3O/c1-5-18-16-7-6-12(2)10-14(16)17(21)19-15-8-9-20(4)11-13(15)3/h6-7,10,13,15,18H,5,8-9,11H2,1-4H3,(H,19,21). The van der Waals surface area contributed by atoms with Crippen LogP contribution in [0, 0.1) is 12.8 Å². The first-order valence-corrected chi connectivity index (χ1v) is 7.85. The number of anilines is 1. The van der Waals surface area contributed by atoms with Crippen LogP contribution in [0.3, 0.4) is 0 Å². The monoisotopic (exact) mass is 289 g/mol. The van der Waals surface area contributed by atoms with Gasteiger partial charge in [0.15, 0.2) is 0 Å². The van der Waals surface area contributed by atoms with Crippen LogP contribution < -0.4 is 10.6 Å². The van der Waals surface area contributed by atoms with Crippen LogP contribution in [0.4, 0.5) is 5.69 Å². The van der Waals surface area contributed by atoms with Gasteiger partial charge in [0, 0.05) is 24.8 Å². The Balaban J connectivity index is 2.11. The third-order valence-corrected chi connectivity index (χ3v) is 4.21. The average Bonchev–Trinajstić information content (AvgIpc) is 2.44. The van der Waals surface area contributed by atoms with Crippen molar-refractivity contribution in [2.75, 3.05) is 32.0 Å². The van der Waals surface area contributed by atoms with Crippen molar-refractivity contribution < 1.29 is 4.79 Å². The molecule has 0 aliphatic carbocycles. The highest BCUT2D eigenvalue weighted by Crippen LogP contribution is 2.20. The number of carbonyl (C=O) groups is 1. The van der Waals surface area contributed by atoms with Gasteiger partial charge in [0.05, 0.1) is 5.56 Å². The highest BCUT2D eigenvalue weighted by Gasteiger charge is 2.26. The summed E-state index contributed by atoms with van der Waals surface area (Å²) < 4.78 is 0. The first-order valence-electron chi connectivity index (χ1n) is 7.85. The summed E-state index contributed by atoms with van der Waals surface area (Å²) >= 11 is 0. The number of benzene rings is 1. The van der Waals surface area contributed by atoms with E-state index < -0.39 is 0 Å². The molecule has 0 saturated carbocycles. The van der Waals surface area contributed by atoms with Gasteiger partial charge in [-0.25, -0.2) is 0 Å². The maximum Gasteiger partial charge on any atom is 0.253 e. The molecule has 2 unspecified atom stereocenters. The lowest BCUT2D eigenvalue weighted by molar-refractivity contribution is 0.0884. The number of nitrogens with one attached hydrogen (secondary N) is 2. The van der Waals surface area contributed by atoms with E-state index in [9.17, 15) is 4.79 Å². The number of likely N-dealkylation sites (tertiary alicyclic amines) is 1. The number of carbonyl (C=O) groups excluding carboxylic acids is 1. The minimum absolute atomic E-state index is 0.0380. The van der Waals surface area contributed by atoms with E-state index >= 15 is 0 Å². The van der Waals surface area contributed by atoms with E-state index in [1.165, 1.54) is 0 Å². The number of rotatable bonds is 4. The van der Waals surface area contributed by atoms with Gasteiger partial charge < -0.3 is 15.5 Å². The second-order valence-electron chi connectivity index (χ2n) is 6.19. The highest BCUT2D eigenvalue weighted by molar-refractivity contribution is 6.00. The van der Waals surface area contributed by atoms with Gasteiger partial charge in [-0.05, 0) is 51.9 Å². The fourth-order valence-corrected chi connectivity index (χ4v) is 3.01. The second-order valence-corrected chi connectivity index (χ2v) is 6.19. The normalized spacial score (nSPS) is 22.9. The minimum atomic E-state index is 0.0380. The molecule has 1 saturated heterocycles. The minimum Gasteiger partial charge on any atom is -0.385 e. The molecule has 116 valence electrons. The molecule has 1 fully saturated rings. The Hall–Kier alpha value is -1.55. The summed E-state index contributed by atoms with van der Waals surface area (Å²) in [5.74, 6) is 0.524. The largest absolute Gasteiger partial charge is 0.385 e. The molecule has 4 heteroatoms. The van der Waals surface area contributed by atoms with Gasteiger partial charge in [-0.1, -0.05) is 18.6 Å². The zero-order valence-corrected chi connectivity index (χ0v) is 13.6. The van der Waals surface area contributed by atoms with E-state index in [0.29, 0.717) is 5.92 Å². The Morgan fingerprint density at radius 3 is 2.86 bits per heavy atom. The second kappa shape index (κ2) is 6.94. The first-order chi connectivity index (χ1) is 10.0. The predicted molar refractivity (Wildman–Crippen MR) is 87.9 cm³/mol. The number of hydrogen-bond acceptors (Lipinski definition) is 3. The van der Waals surface area contributed by atoms with Crippen LogP contribution in [0.15, 0.2) is 18.2 Å². The molecule has 1 aliphatic heterocycles. The van der Waals surface area contributed by atoms with E-state index in [4.69, 9.17) is 0 Å². The van der Waals surface area contributed by atoms with Crippen molar-refractivity contribution in [3.63, 3.8) is 0 Å². The summed E-state index contributed by atoms with van der Waals surface area (Å²) in [5.41, 5.74) is 2.78. The molecule has 0 radical (unpaired) electrons. The molecule has 2 N–H and O–H groups in total. The van der Waals surface area contributed by atoms with Gasteiger partial charge in [0.1, 0.15) is 0 Å². The Kier molecular flexibility index (Phi) is 5.23. The zero-order chi connectivity index (χ0) is 15.4. The molecule has 0 aromatic heterocycles. The van der Waals surface area contributed by atoms with Crippen molar-refractivity contribution in [3.8, 4) is 0 Å². The van der Waals surface area contributed by atoms with E-state index in [-0.39, 0.29) is 11.9 Å². The van der Waals surface area contributed by atoms with Gasteiger partial charge in [0.2, 0.25) is 0 Å². The molecule has 2 atom stereocenters. The molecule has 1 aliphatic rings. The van der Waals surface area contributed by atoms with Crippen LogP contribution in [0.5, 0.6) is 0 Å². The third kappa shape index (κ3) is 3.97. The summed E-state index contributed by atoms with van der Waals surface area (Å²) in [5, 5.41) is 6.50. The molecular weight excluding hydrogens is 262 g/mol. The van der Waals surface area contributed by atoms with Crippen molar-refractivity contribution >= 4 is 11.6 Å². The van der Waals surface area contributed by atoms with Crippen LogP contribution >= 0.6 is 0 Å². The lowest BCUT2D eigenvalue weighted by Gasteiger charge is -2.35. The molecule has 1 aromatic rings. The van der Waals surface area contributed by atoms with Crippen LogP contribution in [0.2, 0.25) is 0 Å². The third-order valence-electron chi connectivity index (χ3n) is 4.21. The van der Waals surface area contributed by atoms with Crippen molar-refractivity contribution in [1.82, 2.24) is 10.2 Å². The number of amides is 1. The Morgan fingerprint density at radius 2 is 2.19 bits per heavy atom. The van der Waals surface area contributed by atoms with Crippen LogP contribution in [-0.2, 0) is 0 Å². The van der Waals surface area contributed by atoms with Crippen molar-refractivity contribution in [1.29, 1.82) is 0 Å². The summed E-state index contributed by atoms with van der Waals surface area (Å²) in [6.07, 6.45) is 1.02. The molecule has 1 aromatic carbocycles. The fraction of sp³-hybridized carbons (Fsp3) is 0.588. The summed E-state index contributed by atoms with van der Waals surface area (Å²) in [7, 11) is 2.14. The molecule has 0 spiro atoms. The van der Waals surface area contributed by atoms with Crippen molar-refractivity contribution in [2.45, 2.75) is 33.2 Å². The summed E-state index contributed by atoms with van der Waals surface area (Å²) in [6, 6.07) is 6.26. The predicted octanol–water partition coefficient (Wildman–Crippen LogP) is 2.50. The molecular formula is C17H27N3O. The Bertz CT molecular complexity index is 501. The summed E-state index contributed by atoms with van der Waals surface area (Å²) in [6.45, 7) is 9.17. The quantitative estimate of drug-likeness (QED) is 0.895.